The van der Waals surface area contributed by atoms with Crippen LogP contribution in [0.25, 0.3) is 54.2 Å². The second kappa shape index (κ2) is 13.7. The Kier molecular flexibility index (Phi) is 8.20. The van der Waals surface area contributed by atoms with Crippen molar-refractivity contribution in [3.05, 3.63) is 233 Å². The summed E-state index contributed by atoms with van der Waals surface area (Å²) >= 11 is 0. The van der Waals surface area contributed by atoms with Gasteiger partial charge in [-0.15, -0.1) is 0 Å². The van der Waals surface area contributed by atoms with Gasteiger partial charge in [-0.3, -0.25) is 0 Å². The monoisotopic (exact) mass is 774 g/mol. The number of aryl methyl sites for hydroxylation is 1. The van der Waals surface area contributed by atoms with Crippen LogP contribution in [0.15, 0.2) is 194 Å². The molecule has 0 saturated heterocycles. The van der Waals surface area contributed by atoms with E-state index < -0.39 is 11.0 Å². The van der Waals surface area contributed by atoms with Gasteiger partial charge in [0.2, 0.25) is 0 Å². The summed E-state index contributed by atoms with van der Waals surface area (Å²) in [6.07, 6.45) is 0. The summed E-state index contributed by atoms with van der Waals surface area (Å²) < 4.78 is 11.7. The maximum absolute atomic E-state index is 11.5. The van der Waals surface area contributed by atoms with E-state index in [1.165, 1.54) is 71.3 Å². The Morgan fingerprint density at radius 2 is 0.967 bits per heavy atom. The molecule has 0 heterocycles. The Hall–Kier alpha value is -7.20. The van der Waals surface area contributed by atoms with Gasteiger partial charge in [0.15, 0.2) is 0 Å². The largest absolute Gasteiger partial charge is 0.497 e. The lowest BCUT2D eigenvalue weighted by atomic mass is 9.67. The molecule has 0 aliphatic heterocycles. The lowest BCUT2D eigenvalue weighted by Crippen LogP contribution is -2.28. The third-order valence-corrected chi connectivity index (χ3v) is 12.9. The van der Waals surface area contributed by atoms with E-state index in [2.05, 4.69) is 153 Å². The van der Waals surface area contributed by atoms with Crippen LogP contribution in [0.2, 0.25) is 0 Å². The average molecular weight is 775 g/mol. The molecule has 0 fully saturated rings. The normalized spacial score (nSPS) is 15.5. The van der Waals surface area contributed by atoms with E-state index in [-0.39, 0.29) is 0 Å². The molecule has 2 unspecified atom stereocenters. The minimum absolute atomic E-state index is 0.587. The minimum Gasteiger partial charge on any atom is -0.497 e. The minimum atomic E-state index is -1.17. The molecule has 0 bridgehead atoms. The molecular weight excluding hydrogens is 733 g/mol. The number of ether oxygens (including phenoxy) is 2. The molecule has 288 valence electrons. The molecule has 1 aliphatic carbocycles. The van der Waals surface area contributed by atoms with E-state index in [9.17, 15) is 5.11 Å². The van der Waals surface area contributed by atoms with E-state index in [0.29, 0.717) is 5.75 Å². The van der Waals surface area contributed by atoms with Gasteiger partial charge in [0.25, 0.3) is 0 Å². The number of hydrogen-bond acceptors (Lipinski definition) is 3. The van der Waals surface area contributed by atoms with Gasteiger partial charge in [-0.05, 0) is 162 Å². The molecule has 1 N–H and O–H groups in total. The summed E-state index contributed by atoms with van der Waals surface area (Å²) in [4.78, 5) is 0. The number of methoxy groups -OCH3 is 1. The first-order valence-electron chi connectivity index (χ1n) is 20.6. The lowest BCUT2D eigenvalue weighted by Gasteiger charge is -2.34. The molecule has 3 nitrogen and oxygen atoms in total. The van der Waals surface area contributed by atoms with Crippen LogP contribution in [0.1, 0.15) is 45.9 Å². The summed E-state index contributed by atoms with van der Waals surface area (Å²) in [6.45, 7) is 3.97. The lowest BCUT2D eigenvalue weighted by molar-refractivity contribution is 0.102. The number of aliphatic hydroxyl groups is 1. The van der Waals surface area contributed by atoms with Gasteiger partial charge in [-0.25, -0.2) is 0 Å². The molecule has 0 amide bonds. The molecule has 2 atom stereocenters. The molecule has 10 aromatic carbocycles. The predicted molar refractivity (Wildman–Crippen MR) is 247 cm³/mol. The fourth-order valence-electron chi connectivity index (χ4n) is 9.75. The van der Waals surface area contributed by atoms with Crippen molar-refractivity contribution in [3.8, 4) is 28.4 Å². The first-order valence-corrected chi connectivity index (χ1v) is 20.6. The van der Waals surface area contributed by atoms with Crippen molar-refractivity contribution in [1.82, 2.24) is 0 Å². The Balaban J connectivity index is 1.04. The van der Waals surface area contributed by atoms with E-state index in [1.54, 1.807) is 14.0 Å². The maximum Gasteiger partial charge on any atom is 0.128 e. The summed E-state index contributed by atoms with van der Waals surface area (Å²) in [5, 5.41) is 21.2. The molecule has 0 aromatic heterocycles. The molecule has 0 spiro atoms. The molecule has 0 saturated carbocycles. The van der Waals surface area contributed by atoms with Crippen molar-refractivity contribution in [2.24, 2.45) is 0 Å². The third kappa shape index (κ3) is 5.61. The van der Waals surface area contributed by atoms with Gasteiger partial charge in [0.05, 0.1) is 12.5 Å². The Morgan fingerprint density at radius 3 is 1.65 bits per heavy atom. The Labute approximate surface area is 349 Å². The number of hydrogen-bond donors (Lipinski definition) is 1. The first-order chi connectivity index (χ1) is 29.3. The highest BCUT2D eigenvalue weighted by Gasteiger charge is 2.47. The molecule has 1 aliphatic rings. The maximum atomic E-state index is 11.5. The summed E-state index contributed by atoms with van der Waals surface area (Å²) in [5.74, 6) is 2.20. The summed E-state index contributed by atoms with van der Waals surface area (Å²) in [5.41, 5.74) is 8.71. The van der Waals surface area contributed by atoms with E-state index in [1.807, 2.05) is 48.5 Å². The summed E-state index contributed by atoms with van der Waals surface area (Å²) in [6, 6.07) is 69.4. The van der Waals surface area contributed by atoms with Crippen molar-refractivity contribution in [2.45, 2.75) is 24.9 Å². The predicted octanol–water partition coefficient (Wildman–Crippen LogP) is 14.0. The Bertz CT molecular complexity index is 3310. The van der Waals surface area contributed by atoms with Crippen LogP contribution in [0, 0.1) is 6.92 Å². The second-order valence-corrected chi connectivity index (χ2v) is 16.4. The molecule has 0 radical (unpaired) electrons. The zero-order valence-electron chi connectivity index (χ0n) is 33.7. The van der Waals surface area contributed by atoms with Crippen LogP contribution in [0.4, 0.5) is 0 Å². The highest BCUT2D eigenvalue weighted by Crippen LogP contribution is 2.59. The van der Waals surface area contributed by atoms with Crippen molar-refractivity contribution < 1.29 is 14.6 Å². The molecule has 60 heavy (non-hydrogen) atoms. The van der Waals surface area contributed by atoms with Gasteiger partial charge >= 0.3 is 0 Å². The van der Waals surface area contributed by atoms with Gasteiger partial charge in [-0.2, -0.15) is 0 Å². The first kappa shape index (κ1) is 35.9. The molecule has 3 heteroatoms. The van der Waals surface area contributed by atoms with Crippen molar-refractivity contribution >= 4 is 43.1 Å². The number of fused-ring (bicyclic) bond motifs is 8. The summed E-state index contributed by atoms with van der Waals surface area (Å²) in [7, 11) is 1.64. The standard InChI is InChI=1S/C57H42O3/c1-36-12-13-41-31-46(18-14-40(41)30-36)57(53-29-17-37-8-6-7-11-51(37)55(53)52-34-38-9-4-5-10-39(38)35-54(52)57)47-19-15-43-33-50(24-16-42(43)32-47)60-49-27-22-45(23-28-49)56(2,58)44-20-25-48(59-3)26-21-44/h4-35,58H,1-3H3. The molecule has 10 aromatic rings. The smallest absolute Gasteiger partial charge is 0.128 e. The fourth-order valence-corrected chi connectivity index (χ4v) is 9.75. The zero-order chi connectivity index (χ0) is 40.6. The second-order valence-electron chi connectivity index (χ2n) is 16.4. The van der Waals surface area contributed by atoms with E-state index >= 15 is 0 Å². The third-order valence-electron chi connectivity index (χ3n) is 12.9. The van der Waals surface area contributed by atoms with Crippen LogP contribution >= 0.6 is 0 Å². The quantitative estimate of drug-likeness (QED) is 0.175. The Morgan fingerprint density at radius 1 is 0.450 bits per heavy atom. The van der Waals surface area contributed by atoms with Crippen molar-refractivity contribution in [3.63, 3.8) is 0 Å². The highest BCUT2D eigenvalue weighted by atomic mass is 16.5. The number of benzene rings is 10. The molecule has 11 rings (SSSR count). The SMILES string of the molecule is COc1ccc(C(C)(O)c2ccc(Oc3ccc4cc(C5(c6ccc7cc(C)ccc7c6)c6cc7ccccc7cc6-c6c5ccc5ccccc65)ccc4c3)cc2)cc1. The topological polar surface area (TPSA) is 38.7 Å². The van der Waals surface area contributed by atoms with Crippen LogP contribution in [0.3, 0.4) is 0 Å². The fraction of sp³-hybridized carbons (Fsp3) is 0.0877. The van der Waals surface area contributed by atoms with E-state index in [4.69, 9.17) is 9.47 Å². The van der Waals surface area contributed by atoms with Crippen molar-refractivity contribution in [1.29, 1.82) is 0 Å². The van der Waals surface area contributed by atoms with Crippen LogP contribution in [-0.4, -0.2) is 12.2 Å². The van der Waals surface area contributed by atoms with Gasteiger partial charge in [-0.1, -0.05) is 139 Å². The van der Waals surface area contributed by atoms with Crippen LogP contribution in [-0.2, 0) is 11.0 Å². The highest BCUT2D eigenvalue weighted by molar-refractivity contribution is 6.07. The van der Waals surface area contributed by atoms with Gasteiger partial charge in [0, 0.05) is 0 Å². The zero-order valence-corrected chi connectivity index (χ0v) is 33.7. The average Bonchev–Trinajstić information content (AvgIpc) is 3.58. The van der Waals surface area contributed by atoms with Crippen molar-refractivity contribution in [2.75, 3.05) is 7.11 Å². The van der Waals surface area contributed by atoms with E-state index in [0.717, 1.165) is 33.4 Å². The number of rotatable bonds is 7. The van der Waals surface area contributed by atoms with Gasteiger partial charge in [0.1, 0.15) is 22.8 Å². The van der Waals surface area contributed by atoms with Gasteiger partial charge < -0.3 is 14.6 Å². The van der Waals surface area contributed by atoms with Crippen LogP contribution in [0.5, 0.6) is 17.2 Å². The molecular formula is C57H42O3. The van der Waals surface area contributed by atoms with Crippen LogP contribution < -0.4 is 9.47 Å².